The predicted octanol–water partition coefficient (Wildman–Crippen LogP) is -4.19. The third-order valence-corrected chi connectivity index (χ3v) is 0. The van der Waals surface area contributed by atoms with E-state index in [2.05, 4.69) is 0 Å². The van der Waals surface area contributed by atoms with Crippen molar-refractivity contribution in [3.63, 3.8) is 0 Å². The first-order valence-electron chi connectivity index (χ1n) is 1.16. The van der Waals surface area contributed by atoms with E-state index >= 15 is 0 Å². The zero-order valence-electron chi connectivity index (χ0n) is 7.55. The molecular weight excluding hydrogens is 290 g/mol. The van der Waals surface area contributed by atoms with Crippen LogP contribution in [0.3, 0.4) is 0 Å². The summed E-state index contributed by atoms with van der Waals surface area (Å²) in [7, 11) is -4.94. The molecule has 0 aliphatic rings. The molecule has 0 saturated heterocycles. The molecule has 0 amide bonds. The average molecular weight is 306 g/mol. The molecule has 0 heterocycles. The van der Waals surface area contributed by atoms with Crippen LogP contribution in [-0.2, 0) is 16.8 Å². The van der Waals surface area contributed by atoms with E-state index in [1.807, 2.05) is 0 Å². The van der Waals surface area contributed by atoms with Gasteiger partial charge in [-0.25, -0.2) is 18.6 Å². The van der Waals surface area contributed by atoms with Crippen molar-refractivity contribution in [2.75, 3.05) is 0 Å². The fourth-order valence-electron chi connectivity index (χ4n) is 0. The van der Waals surface area contributed by atoms with Gasteiger partial charge in [0.1, 0.15) is 0 Å². The molecule has 0 atom stereocenters. The first kappa shape index (κ1) is 61.8. The van der Waals surface area contributed by atoms with E-state index in [4.69, 9.17) is 34.0 Å². The molecule has 102 valence electrons. The van der Waals surface area contributed by atoms with Gasteiger partial charge in [-0.15, -0.1) is 10.2 Å². The third kappa shape index (κ3) is 14000. The topological polar surface area (TPSA) is 333 Å². The Labute approximate surface area is 97.4 Å². The maximum atomic E-state index is 8.49. The van der Waals surface area contributed by atoms with Crippen LogP contribution in [-0.4, -0.2) is 5.09 Å². The minimum atomic E-state index is -4.94. The number of nitrogens with zero attached hydrogens (tertiary/aromatic N) is 1. The fraction of sp³-hybridized carbons (Fsp3) is 0. The van der Waals surface area contributed by atoms with Gasteiger partial charge in [-0.3, -0.25) is 0 Å². The van der Waals surface area contributed by atoms with Crippen LogP contribution in [0.5, 0.6) is 0 Å². The molecule has 0 aliphatic carbocycles. The molecule has 0 radical (unpaired) electrons. The zero-order chi connectivity index (χ0) is 8.08. The van der Waals surface area contributed by atoms with Crippen molar-refractivity contribution in [3.05, 3.63) is 15.3 Å². The maximum absolute atomic E-state index is 8.49. The van der Waals surface area contributed by atoms with Crippen LogP contribution in [0.1, 0.15) is 0 Å². The van der Waals surface area contributed by atoms with E-state index < -0.39 is 15.3 Å². The number of hydrogen-bond acceptors (Lipinski definition) is 12. The largest absolute Gasteiger partial charge is 3.00 e. The van der Waals surface area contributed by atoms with Gasteiger partial charge >= 0.3 is 16.8 Å². The smallest absolute Gasteiger partial charge is 0.356 e. The van der Waals surface area contributed by atoms with Gasteiger partial charge in [0.15, 0.2) is 0 Å². The van der Waals surface area contributed by atoms with Gasteiger partial charge in [0.25, 0.3) is 0 Å². The second-order valence-corrected chi connectivity index (χ2v) is 1.36. The predicted molar refractivity (Wildman–Crippen MR) is 35.5 cm³/mol. The molecule has 15 heteroatoms. The molecule has 0 fully saturated rings. The van der Waals surface area contributed by atoms with Crippen molar-refractivity contribution in [2.24, 2.45) is 0 Å². The van der Waals surface area contributed by atoms with Crippen LogP contribution >= 0.6 is 0 Å². The molecule has 0 aromatic rings. The Balaban J connectivity index is -0.00000000785. The van der Waals surface area contributed by atoms with Crippen LogP contribution in [0.15, 0.2) is 0 Å². The van der Waals surface area contributed by atoms with E-state index in [0.717, 1.165) is 0 Å². The van der Waals surface area contributed by atoms with Crippen molar-refractivity contribution in [1.82, 2.24) is 30.8 Å². The van der Waals surface area contributed by atoms with Crippen molar-refractivity contribution < 1.29 is 50.7 Å². The van der Waals surface area contributed by atoms with Crippen molar-refractivity contribution in [3.8, 4) is 0 Å². The van der Waals surface area contributed by atoms with Gasteiger partial charge in [-0.2, -0.15) is 0 Å². The molecule has 0 aromatic carbocycles. The molecular formula is H15ClCoN6O7+. The van der Waals surface area contributed by atoms with Crippen LogP contribution < -0.4 is 49.4 Å². The van der Waals surface area contributed by atoms with Crippen molar-refractivity contribution in [2.45, 2.75) is 0 Å². The molecule has 0 aromatic heterocycles. The summed E-state index contributed by atoms with van der Waals surface area (Å²) in [5.41, 5.74) is 0. The van der Waals surface area contributed by atoms with Gasteiger partial charge in [0, 0.05) is 0 Å². The Morgan fingerprint density at radius 3 is 0.733 bits per heavy atom. The molecule has 0 rings (SSSR count). The second kappa shape index (κ2) is 29.2. The van der Waals surface area contributed by atoms with E-state index in [0.29, 0.717) is 0 Å². The monoisotopic (exact) mass is 305 g/mol. The van der Waals surface area contributed by atoms with Gasteiger partial charge in [0.05, 0.1) is 5.09 Å². The van der Waals surface area contributed by atoms with E-state index in [1.54, 1.807) is 0 Å². The van der Waals surface area contributed by atoms with E-state index in [9.17, 15) is 0 Å². The molecule has 0 unspecified atom stereocenters. The van der Waals surface area contributed by atoms with Crippen LogP contribution in [0, 0.1) is 25.6 Å². The van der Waals surface area contributed by atoms with Gasteiger partial charge in [0.2, 0.25) is 0 Å². The Hall–Kier alpha value is -0.364. The van der Waals surface area contributed by atoms with Crippen LogP contribution in [0.25, 0.3) is 0 Å². The summed E-state index contributed by atoms with van der Waals surface area (Å²) < 4.78 is 34.0. The Bertz CT molecular complexity index is 86.0. The summed E-state index contributed by atoms with van der Waals surface area (Å²) in [6, 6.07) is 0. The first-order chi connectivity index (χ1) is 3.73. The minimum absolute atomic E-state index is 0. The van der Waals surface area contributed by atoms with E-state index in [1.165, 1.54) is 0 Å². The Kier molecular flexibility index (Phi) is 120. The average Bonchev–Trinajstić information content (AvgIpc) is 1.19. The maximum Gasteiger partial charge on any atom is 3.00 e. The standard InChI is InChI=1S/ClHO4.Co.NO3.5H3N/c2-1(3,4)5;;2-1(3)4;;;;;/h(H,2,3,4,5);;;5*1H3/q;+3;-1;;;;;/p-1. The number of halogens is 1. The summed E-state index contributed by atoms with van der Waals surface area (Å²) >= 11 is 0. The van der Waals surface area contributed by atoms with Gasteiger partial charge < -0.3 is 46.1 Å². The molecule has 13 nitrogen and oxygen atoms in total. The van der Waals surface area contributed by atoms with Crippen LogP contribution in [0.2, 0.25) is 0 Å². The van der Waals surface area contributed by atoms with E-state index in [-0.39, 0.29) is 47.5 Å². The number of hydrogen-bond donors (Lipinski definition) is 5. The second-order valence-electron chi connectivity index (χ2n) is 0.602. The van der Waals surface area contributed by atoms with Crippen LogP contribution in [0.4, 0.5) is 0 Å². The Morgan fingerprint density at radius 2 is 0.733 bits per heavy atom. The molecule has 0 spiro atoms. The normalized spacial score (nSPS) is 5.60. The summed E-state index contributed by atoms with van der Waals surface area (Å²) in [5.74, 6) is 0. The third-order valence-electron chi connectivity index (χ3n) is 0. The molecule has 0 bridgehead atoms. The molecule has 0 saturated carbocycles. The molecule has 15 N–H and O–H groups in total. The summed E-state index contributed by atoms with van der Waals surface area (Å²) in [4.78, 5) is 8.25. The minimum Gasteiger partial charge on any atom is -0.356 e. The first-order valence-corrected chi connectivity index (χ1v) is 2.40. The summed E-state index contributed by atoms with van der Waals surface area (Å²) in [6.07, 6.45) is 0. The van der Waals surface area contributed by atoms with Crippen molar-refractivity contribution in [1.29, 1.82) is 0 Å². The Morgan fingerprint density at radius 1 is 0.733 bits per heavy atom. The number of rotatable bonds is 0. The molecule has 0 aliphatic heterocycles. The molecule has 15 heavy (non-hydrogen) atoms. The quantitative estimate of drug-likeness (QED) is 0.210. The summed E-state index contributed by atoms with van der Waals surface area (Å²) in [6.45, 7) is 0. The zero-order valence-corrected chi connectivity index (χ0v) is 9.35. The SMILES string of the molecule is N.N.N.N.N.O=[N+]([O-])[O-].[Co+3].[O-][Cl+3]([O-])([O-])[O-]. The fourth-order valence-corrected chi connectivity index (χ4v) is 0. The van der Waals surface area contributed by atoms with Gasteiger partial charge in [-0.05, 0) is 0 Å². The summed E-state index contributed by atoms with van der Waals surface area (Å²) in [5, 5.41) is 14.8. The van der Waals surface area contributed by atoms with Gasteiger partial charge in [-0.1, -0.05) is 0 Å². The van der Waals surface area contributed by atoms with Crippen molar-refractivity contribution >= 4 is 0 Å².